The molecule has 1 fully saturated rings. The topological polar surface area (TPSA) is 130 Å². The minimum atomic E-state index is -0.978. The molecule has 1 aliphatic rings. The van der Waals surface area contributed by atoms with Crippen molar-refractivity contribution in [2.45, 2.75) is 77.9 Å². The van der Waals surface area contributed by atoms with Crippen LogP contribution in [0, 0.1) is 11.8 Å². The molecule has 35 heavy (non-hydrogen) atoms. The quantitative estimate of drug-likeness (QED) is 0.105. The molecular formula is C27H39NO7. The molecule has 0 saturated carbocycles. The van der Waals surface area contributed by atoms with Crippen molar-refractivity contribution in [3.63, 3.8) is 0 Å². The number of allylic oxidation sites excluding steroid dienone is 5. The number of ether oxygens (including phenoxy) is 1. The number of carboxylic acid groups (broad SMARTS) is 1. The summed E-state index contributed by atoms with van der Waals surface area (Å²) in [6.07, 6.45) is 12.2. The Morgan fingerprint density at radius 3 is 2.37 bits per heavy atom. The summed E-state index contributed by atoms with van der Waals surface area (Å²) in [6, 6.07) is 0. The zero-order chi connectivity index (χ0) is 26.4. The predicted octanol–water partition coefficient (Wildman–Crippen LogP) is 3.66. The highest BCUT2D eigenvalue weighted by molar-refractivity contribution is 5.97. The Labute approximate surface area is 207 Å². The maximum Gasteiger partial charge on any atom is 0.327 e. The number of carboxylic acids is 1. The standard InChI is InChI=1S/C27H39NO7/c1-18(14-19(2)22(29)11-9-10-21-16-24(30)28-25(31)17-21)15-20(3)27(34)23(35-4)12-7-5-6-8-13-26(32)33/h7-8,12-15,20-21,23,27,34H,5-6,9-11,16-17H2,1-4H3,(H,32,33)(H,28,30,31)/b12-7+,13-8+,18-15+,19-14+/t20-,23-,27+/m1/s1. The van der Waals surface area contributed by atoms with E-state index in [9.17, 15) is 24.3 Å². The van der Waals surface area contributed by atoms with Gasteiger partial charge in [0.2, 0.25) is 11.8 Å². The fourth-order valence-electron chi connectivity index (χ4n) is 4.03. The van der Waals surface area contributed by atoms with E-state index in [4.69, 9.17) is 9.84 Å². The van der Waals surface area contributed by atoms with Crippen LogP contribution in [0.1, 0.15) is 65.7 Å². The van der Waals surface area contributed by atoms with Gasteiger partial charge in [-0.1, -0.05) is 42.9 Å². The van der Waals surface area contributed by atoms with Crippen LogP contribution in [-0.2, 0) is 23.9 Å². The Bertz CT molecular complexity index is 853. The lowest BCUT2D eigenvalue weighted by Crippen LogP contribution is -2.38. The molecule has 8 heteroatoms. The third-order valence-electron chi connectivity index (χ3n) is 5.89. The van der Waals surface area contributed by atoms with Gasteiger partial charge in [0.15, 0.2) is 5.78 Å². The van der Waals surface area contributed by atoms with Crippen LogP contribution >= 0.6 is 0 Å². The van der Waals surface area contributed by atoms with Gasteiger partial charge in [-0.2, -0.15) is 0 Å². The molecule has 2 amide bonds. The minimum absolute atomic E-state index is 0.00120. The number of Topliss-reactive ketones (excluding diaryl/α,β-unsaturated/α-hetero) is 1. The number of piperidine rings is 1. The largest absolute Gasteiger partial charge is 0.478 e. The van der Waals surface area contributed by atoms with E-state index in [1.165, 1.54) is 7.11 Å². The highest BCUT2D eigenvalue weighted by Crippen LogP contribution is 2.21. The predicted molar refractivity (Wildman–Crippen MR) is 133 cm³/mol. The maximum absolute atomic E-state index is 12.5. The van der Waals surface area contributed by atoms with E-state index in [0.717, 1.165) is 11.6 Å². The van der Waals surface area contributed by atoms with Crippen LogP contribution in [-0.4, -0.2) is 53.1 Å². The highest BCUT2D eigenvalue weighted by atomic mass is 16.5. The molecule has 3 N–H and O–H groups in total. The molecule has 0 unspecified atom stereocenters. The van der Waals surface area contributed by atoms with Crippen molar-refractivity contribution in [1.82, 2.24) is 5.32 Å². The number of unbranched alkanes of at least 4 members (excludes halogenated alkanes) is 1. The normalized spacial score (nSPS) is 18.7. The number of carbonyl (C=O) groups is 4. The van der Waals surface area contributed by atoms with Gasteiger partial charge in [0.1, 0.15) is 6.10 Å². The molecule has 0 aromatic rings. The van der Waals surface area contributed by atoms with Crippen LogP contribution < -0.4 is 5.32 Å². The zero-order valence-corrected chi connectivity index (χ0v) is 21.2. The molecule has 0 radical (unpaired) electrons. The number of carbonyl (C=O) groups excluding carboxylic acids is 3. The lowest BCUT2D eigenvalue weighted by atomic mass is 9.90. The van der Waals surface area contributed by atoms with Crippen molar-refractivity contribution in [3.05, 3.63) is 47.6 Å². The SMILES string of the molecule is CO[C@H](/C=C/CC/C=C/C(=O)O)[C@@H](O)[C@H](C)/C=C(C)/C=C(\C)C(=O)CCCC1CC(=O)NC(=O)C1. The third-order valence-corrected chi connectivity index (χ3v) is 5.89. The van der Waals surface area contributed by atoms with Crippen molar-refractivity contribution in [1.29, 1.82) is 0 Å². The summed E-state index contributed by atoms with van der Waals surface area (Å²) in [4.78, 5) is 45.9. The summed E-state index contributed by atoms with van der Waals surface area (Å²) in [5, 5.41) is 21.5. The molecule has 0 spiro atoms. The maximum atomic E-state index is 12.5. The van der Waals surface area contributed by atoms with Gasteiger partial charge in [-0.05, 0) is 51.0 Å². The van der Waals surface area contributed by atoms with Gasteiger partial charge in [-0.15, -0.1) is 0 Å². The monoisotopic (exact) mass is 489 g/mol. The van der Waals surface area contributed by atoms with Crippen LogP contribution in [0.2, 0.25) is 0 Å². The smallest absolute Gasteiger partial charge is 0.327 e. The summed E-state index contributed by atoms with van der Waals surface area (Å²) in [5.74, 6) is -1.68. The second-order valence-corrected chi connectivity index (χ2v) is 9.10. The summed E-state index contributed by atoms with van der Waals surface area (Å²) in [5.41, 5.74) is 1.48. The molecule has 1 rings (SSSR count). The van der Waals surface area contributed by atoms with Gasteiger partial charge >= 0.3 is 5.97 Å². The van der Waals surface area contributed by atoms with E-state index in [1.54, 1.807) is 25.2 Å². The van der Waals surface area contributed by atoms with Crippen molar-refractivity contribution >= 4 is 23.6 Å². The number of aliphatic hydroxyl groups excluding tert-OH is 1. The second-order valence-electron chi connectivity index (χ2n) is 9.10. The Hall–Kier alpha value is -2.84. The van der Waals surface area contributed by atoms with Gasteiger partial charge in [0, 0.05) is 38.4 Å². The molecule has 8 nitrogen and oxygen atoms in total. The van der Waals surface area contributed by atoms with Crippen molar-refractivity contribution < 1.29 is 34.1 Å². The Morgan fingerprint density at radius 1 is 1.14 bits per heavy atom. The average Bonchev–Trinajstić information content (AvgIpc) is 2.77. The van der Waals surface area contributed by atoms with E-state index in [2.05, 4.69) is 5.32 Å². The number of ketones is 1. The first-order valence-electron chi connectivity index (χ1n) is 12.0. The number of amides is 2. The second kappa shape index (κ2) is 15.9. The Kier molecular flexibility index (Phi) is 13.8. The minimum Gasteiger partial charge on any atom is -0.478 e. The van der Waals surface area contributed by atoms with Gasteiger partial charge in [0.05, 0.1) is 6.10 Å². The number of rotatable bonds is 15. The van der Waals surface area contributed by atoms with Crippen molar-refractivity contribution in [2.75, 3.05) is 7.11 Å². The molecule has 0 aromatic heterocycles. The number of aliphatic carboxylic acids is 1. The number of nitrogens with one attached hydrogen (secondary N) is 1. The summed E-state index contributed by atoms with van der Waals surface area (Å²) in [7, 11) is 1.52. The van der Waals surface area contributed by atoms with Gasteiger partial charge in [-0.3, -0.25) is 19.7 Å². The third kappa shape index (κ3) is 12.4. The lowest BCUT2D eigenvalue weighted by molar-refractivity contribution is -0.135. The average molecular weight is 490 g/mol. The van der Waals surface area contributed by atoms with Gasteiger partial charge in [-0.25, -0.2) is 4.79 Å². The number of aliphatic hydroxyl groups is 1. The first-order valence-corrected chi connectivity index (χ1v) is 12.0. The van der Waals surface area contributed by atoms with Gasteiger partial charge in [0.25, 0.3) is 0 Å². The van der Waals surface area contributed by atoms with E-state index in [0.29, 0.717) is 50.5 Å². The van der Waals surface area contributed by atoms with Crippen molar-refractivity contribution in [3.8, 4) is 0 Å². The molecule has 0 aromatic carbocycles. The van der Waals surface area contributed by atoms with E-state index in [1.807, 2.05) is 26.0 Å². The number of methoxy groups -OCH3 is 1. The number of hydrogen-bond donors (Lipinski definition) is 3. The van der Waals surface area contributed by atoms with Crippen LogP contribution in [0.5, 0.6) is 0 Å². The molecule has 3 atom stereocenters. The molecule has 0 bridgehead atoms. The molecular weight excluding hydrogens is 450 g/mol. The van der Waals surface area contributed by atoms with E-state index < -0.39 is 18.2 Å². The molecule has 1 aliphatic heterocycles. The Balaban J connectivity index is 2.56. The van der Waals surface area contributed by atoms with E-state index in [-0.39, 0.29) is 29.4 Å². The van der Waals surface area contributed by atoms with E-state index >= 15 is 0 Å². The molecule has 1 heterocycles. The first-order chi connectivity index (χ1) is 16.5. The number of hydrogen-bond acceptors (Lipinski definition) is 6. The van der Waals surface area contributed by atoms with Crippen molar-refractivity contribution in [2.24, 2.45) is 11.8 Å². The molecule has 0 aliphatic carbocycles. The van der Waals surface area contributed by atoms with Crippen LogP contribution in [0.4, 0.5) is 0 Å². The first kappa shape index (κ1) is 30.2. The zero-order valence-electron chi connectivity index (χ0n) is 21.2. The lowest BCUT2D eigenvalue weighted by Gasteiger charge is -2.23. The van der Waals surface area contributed by atoms with Crippen LogP contribution in [0.3, 0.4) is 0 Å². The summed E-state index contributed by atoms with van der Waals surface area (Å²) >= 11 is 0. The highest BCUT2D eigenvalue weighted by Gasteiger charge is 2.24. The Morgan fingerprint density at radius 2 is 1.77 bits per heavy atom. The van der Waals surface area contributed by atoms with Crippen LogP contribution in [0.25, 0.3) is 0 Å². The van der Waals surface area contributed by atoms with Gasteiger partial charge < -0.3 is 14.9 Å². The summed E-state index contributed by atoms with van der Waals surface area (Å²) in [6.45, 7) is 5.51. The molecule has 1 saturated heterocycles. The number of imide groups is 1. The van der Waals surface area contributed by atoms with Crippen LogP contribution in [0.15, 0.2) is 47.6 Å². The fraction of sp³-hybridized carbons (Fsp3) is 0.556. The fourth-order valence-corrected chi connectivity index (χ4v) is 4.03. The molecule has 194 valence electrons. The summed E-state index contributed by atoms with van der Waals surface area (Å²) < 4.78 is 5.39.